The van der Waals surface area contributed by atoms with E-state index in [2.05, 4.69) is 128 Å². The number of fused-ring (bicyclic) bond motifs is 3. The number of benzene rings is 4. The Labute approximate surface area is 247 Å². The smallest absolute Gasteiger partial charge is 1.00 e. The van der Waals surface area contributed by atoms with Gasteiger partial charge in [-0.2, -0.15) is 0 Å². The molecule has 2 aliphatic carbocycles. The van der Waals surface area contributed by atoms with Gasteiger partial charge < -0.3 is 24.8 Å². The van der Waals surface area contributed by atoms with Gasteiger partial charge in [-0.3, -0.25) is 0 Å². The summed E-state index contributed by atoms with van der Waals surface area (Å²) in [5.41, 5.74) is 10.3. The van der Waals surface area contributed by atoms with Crippen molar-refractivity contribution in [2.24, 2.45) is 0 Å². The molecule has 0 saturated carbocycles. The molecule has 0 atom stereocenters. The van der Waals surface area contributed by atoms with Crippen molar-refractivity contribution in [1.29, 1.82) is 0 Å². The largest absolute Gasteiger partial charge is 1.00 e. The van der Waals surface area contributed by atoms with E-state index >= 15 is 0 Å². The first-order chi connectivity index (χ1) is 17.8. The minimum absolute atomic E-state index is 0. The molecule has 0 saturated heterocycles. The normalized spacial score (nSPS) is 13.2. The molecule has 0 aromatic heterocycles. The predicted molar refractivity (Wildman–Crippen MR) is 150 cm³/mol. The topological polar surface area (TPSA) is 0 Å². The maximum atomic E-state index is 2.62. The molecule has 0 nitrogen and oxygen atoms in total. The number of rotatable bonds is 7. The number of hydrogen-bond acceptors (Lipinski definition) is 0. The second kappa shape index (κ2) is 13.2. The van der Waals surface area contributed by atoms with Crippen molar-refractivity contribution in [1.82, 2.24) is 0 Å². The van der Waals surface area contributed by atoms with Crippen LogP contribution < -0.4 is 24.8 Å². The predicted octanol–water partition coefficient (Wildman–Crippen LogP) is 3.06. The van der Waals surface area contributed by atoms with E-state index in [1.54, 1.807) is 23.2 Å². The molecule has 0 unspecified atom stereocenters. The fourth-order valence-electron chi connectivity index (χ4n) is 5.97. The first kappa shape index (κ1) is 28.7. The van der Waals surface area contributed by atoms with Crippen LogP contribution >= 0.6 is 0 Å². The summed E-state index contributed by atoms with van der Waals surface area (Å²) in [6.45, 7) is 2.30. The minimum atomic E-state index is -2.55. The standard InChI is InChI=1S/C13H9.C13H10.C9H13.2ClH.Zr/c1-3-7-12-10(5-1)9-11-6-2-4-8-13(11)12;1-3-7-12(8-4-1)11-13-9-5-2-6-10-13;1-2-3-6-9-7-4-5-8-9;;;/h1-9H;1-10H;7-8H,2-4,6H2,1H3;2*1H;/q;;;;;+2/p-2. The molecule has 0 N–H and O–H groups in total. The first-order valence-corrected chi connectivity index (χ1v) is 17.2. The maximum absolute atomic E-state index is 2.62. The van der Waals surface area contributed by atoms with Gasteiger partial charge in [0.1, 0.15) is 0 Å². The number of allylic oxidation sites excluding steroid dienone is 4. The molecule has 0 aliphatic heterocycles. The average molecular weight is 615 g/mol. The van der Waals surface area contributed by atoms with E-state index in [4.69, 9.17) is 0 Å². The molecule has 2 aliphatic rings. The molecule has 6 rings (SSSR count). The van der Waals surface area contributed by atoms with Gasteiger partial charge in [-0.05, 0) is 0 Å². The summed E-state index contributed by atoms with van der Waals surface area (Å²) in [5.74, 6) is 0. The Morgan fingerprint density at radius 2 is 1.18 bits per heavy atom. The van der Waals surface area contributed by atoms with Gasteiger partial charge in [0.05, 0.1) is 0 Å². The van der Waals surface area contributed by atoms with Gasteiger partial charge in [-0.15, -0.1) is 0 Å². The third-order valence-corrected chi connectivity index (χ3v) is 15.9. The van der Waals surface area contributed by atoms with Crippen LogP contribution in [0.3, 0.4) is 0 Å². The zero-order valence-electron chi connectivity index (χ0n) is 21.7. The Bertz CT molecular complexity index is 1400. The molecule has 0 fully saturated rings. The van der Waals surface area contributed by atoms with Crippen LogP contribution in [0.2, 0.25) is 0 Å². The van der Waals surface area contributed by atoms with E-state index in [-0.39, 0.29) is 24.8 Å². The van der Waals surface area contributed by atoms with Gasteiger partial charge in [0.25, 0.3) is 0 Å². The molecule has 4 aromatic carbocycles. The van der Waals surface area contributed by atoms with Crippen molar-refractivity contribution in [2.45, 2.75) is 36.2 Å². The summed E-state index contributed by atoms with van der Waals surface area (Å²) in [4.78, 5) is 0. The zero-order chi connectivity index (χ0) is 24.3. The maximum Gasteiger partial charge on any atom is -1.00 e. The number of unbranched alkanes of at least 4 members (excludes halogenated alkanes) is 1. The van der Waals surface area contributed by atoms with Crippen molar-refractivity contribution < 1.29 is 46.1 Å². The van der Waals surface area contributed by atoms with Crippen LogP contribution in [0.15, 0.2) is 130 Å². The molecule has 0 spiro atoms. The summed E-state index contributed by atoms with van der Waals surface area (Å²) in [5, 5.41) is 0. The van der Waals surface area contributed by atoms with E-state index < -0.39 is 21.3 Å². The van der Waals surface area contributed by atoms with Crippen LogP contribution in [-0.4, -0.2) is 3.21 Å². The Hall–Kier alpha value is -2.31. The SMILES string of the molecule is CCCCC1=CC[C]([Zr+2](=[C](c2ccccc2)c2ccccc2)[CH]2c3ccccc3-c3ccccc32)=C1.[Cl-].[Cl-]. The number of halogens is 2. The van der Waals surface area contributed by atoms with Crippen LogP contribution in [-0.2, 0) is 21.3 Å². The molecule has 0 radical (unpaired) electrons. The second-order valence-corrected chi connectivity index (χ2v) is 16.1. The number of hydrogen-bond donors (Lipinski definition) is 0. The van der Waals surface area contributed by atoms with E-state index in [0.717, 1.165) is 6.42 Å². The average Bonchev–Trinajstić information content (AvgIpc) is 3.54. The fourth-order valence-corrected chi connectivity index (χ4v) is 15.1. The molecular formula is C35H32Cl2Zr. The first-order valence-electron chi connectivity index (χ1n) is 13.3. The van der Waals surface area contributed by atoms with E-state index in [1.807, 2.05) is 0 Å². The summed E-state index contributed by atoms with van der Waals surface area (Å²) in [6.07, 6.45) is 10.0. The van der Waals surface area contributed by atoms with Crippen molar-refractivity contribution in [2.75, 3.05) is 0 Å². The molecule has 0 bridgehead atoms. The Kier molecular flexibility index (Phi) is 9.94. The second-order valence-electron chi connectivity index (χ2n) is 9.88. The third kappa shape index (κ3) is 5.53. The molecule has 0 heterocycles. The van der Waals surface area contributed by atoms with Crippen LogP contribution in [0.25, 0.3) is 11.1 Å². The molecule has 190 valence electrons. The molecule has 0 amide bonds. The molecule has 3 heteroatoms. The minimum Gasteiger partial charge on any atom is -1.00 e. The summed E-state index contributed by atoms with van der Waals surface area (Å²) < 4.78 is 3.86. The molecule has 4 aromatic rings. The Morgan fingerprint density at radius 1 is 0.684 bits per heavy atom. The quantitative estimate of drug-likeness (QED) is 0.301. The monoisotopic (exact) mass is 612 g/mol. The van der Waals surface area contributed by atoms with Gasteiger partial charge in [-0.25, -0.2) is 0 Å². The van der Waals surface area contributed by atoms with Crippen molar-refractivity contribution in [3.63, 3.8) is 0 Å². The summed E-state index contributed by atoms with van der Waals surface area (Å²) in [7, 11) is 0. The van der Waals surface area contributed by atoms with E-state index in [0.29, 0.717) is 3.63 Å². The van der Waals surface area contributed by atoms with E-state index in [1.165, 1.54) is 41.5 Å². The zero-order valence-corrected chi connectivity index (χ0v) is 25.7. The Morgan fingerprint density at radius 3 is 1.71 bits per heavy atom. The van der Waals surface area contributed by atoms with Crippen molar-refractivity contribution in [3.8, 4) is 11.1 Å². The summed E-state index contributed by atoms with van der Waals surface area (Å²) >= 11 is -2.55. The van der Waals surface area contributed by atoms with Crippen LogP contribution in [0.5, 0.6) is 0 Å². The van der Waals surface area contributed by atoms with Crippen LogP contribution in [0, 0.1) is 0 Å². The third-order valence-electron chi connectivity index (χ3n) is 7.63. The fraction of sp³-hybridized carbons (Fsp3) is 0.171. The van der Waals surface area contributed by atoms with Gasteiger partial charge in [-0.1, -0.05) is 0 Å². The molecular weight excluding hydrogens is 583 g/mol. The van der Waals surface area contributed by atoms with Crippen LogP contribution in [0.4, 0.5) is 0 Å². The van der Waals surface area contributed by atoms with E-state index in [9.17, 15) is 0 Å². The van der Waals surface area contributed by atoms with Gasteiger partial charge in [0, 0.05) is 0 Å². The van der Waals surface area contributed by atoms with Crippen molar-refractivity contribution in [3.05, 3.63) is 152 Å². The van der Waals surface area contributed by atoms with Crippen LogP contribution in [0.1, 0.15) is 58.5 Å². The van der Waals surface area contributed by atoms with Gasteiger partial charge in [0.15, 0.2) is 0 Å². The van der Waals surface area contributed by atoms with Gasteiger partial charge in [0.2, 0.25) is 0 Å². The van der Waals surface area contributed by atoms with Gasteiger partial charge >= 0.3 is 224 Å². The Balaban J connectivity index is 0.00000168. The van der Waals surface area contributed by atoms with Crippen molar-refractivity contribution >= 4 is 3.21 Å². The summed E-state index contributed by atoms with van der Waals surface area (Å²) in [6, 6.07) is 40.9. The molecule has 38 heavy (non-hydrogen) atoms.